The van der Waals surface area contributed by atoms with Gasteiger partial charge in [-0.2, -0.15) is 0 Å². The van der Waals surface area contributed by atoms with E-state index in [-0.39, 0.29) is 10.8 Å². The molecule has 0 aliphatic carbocycles. The minimum Gasteiger partial charge on any atom is -0.444 e. The van der Waals surface area contributed by atoms with Crippen molar-refractivity contribution in [3.05, 3.63) is 23.9 Å². The summed E-state index contributed by atoms with van der Waals surface area (Å²) in [6.45, 7) is 13.6. The van der Waals surface area contributed by atoms with Gasteiger partial charge >= 0.3 is 6.09 Å². The van der Waals surface area contributed by atoms with E-state index in [1.165, 1.54) is 5.56 Å². The highest BCUT2D eigenvalue weighted by Gasteiger charge is 2.34. The fourth-order valence-electron chi connectivity index (χ4n) is 2.17. The molecule has 1 amide bonds. The zero-order valence-electron chi connectivity index (χ0n) is 14.3. The maximum absolute atomic E-state index is 11.9. The van der Waals surface area contributed by atoms with Crippen LogP contribution in [0.1, 0.15) is 53.0 Å². The lowest BCUT2D eigenvalue weighted by Gasteiger charge is -2.39. The van der Waals surface area contributed by atoms with Crippen LogP contribution in [0.4, 0.5) is 4.79 Å². The van der Waals surface area contributed by atoms with E-state index in [9.17, 15) is 4.79 Å². The molecule has 1 aromatic heterocycles. The summed E-state index contributed by atoms with van der Waals surface area (Å²) in [7, 11) is 0. The Labute approximate surface area is 137 Å². The van der Waals surface area contributed by atoms with Crippen LogP contribution in [-0.2, 0) is 4.74 Å². The smallest absolute Gasteiger partial charge is 0.410 e. The molecule has 0 aromatic carbocycles. The average molecular weight is 322 g/mol. The van der Waals surface area contributed by atoms with E-state index in [4.69, 9.17) is 4.74 Å². The van der Waals surface area contributed by atoms with Crippen molar-refractivity contribution in [2.24, 2.45) is 0 Å². The summed E-state index contributed by atoms with van der Waals surface area (Å²) in [6.07, 6.45) is 1.71. The van der Waals surface area contributed by atoms with Gasteiger partial charge in [0.15, 0.2) is 0 Å². The molecule has 0 saturated carbocycles. The number of aromatic nitrogens is 1. The summed E-state index contributed by atoms with van der Waals surface area (Å²) in [5.74, 6) is 0.369. The summed E-state index contributed by atoms with van der Waals surface area (Å²) < 4.78 is 5.53. The Hall–Kier alpha value is -1.23. The number of hydrogen-bond donors (Lipinski definition) is 0. The molecule has 0 atom stereocenters. The van der Waals surface area contributed by atoms with Gasteiger partial charge in [0, 0.05) is 30.0 Å². The lowest BCUT2D eigenvalue weighted by molar-refractivity contribution is 0.00816. The predicted molar refractivity (Wildman–Crippen MR) is 90.4 cm³/mol. The van der Waals surface area contributed by atoms with Crippen LogP contribution in [0.5, 0.6) is 0 Å². The first-order chi connectivity index (χ1) is 10.0. The van der Waals surface area contributed by atoms with Gasteiger partial charge in [0.25, 0.3) is 0 Å². The summed E-state index contributed by atoms with van der Waals surface area (Å²) in [5, 5.41) is 1.04. The second kappa shape index (κ2) is 6.11. The zero-order chi connectivity index (χ0) is 16.5. The van der Waals surface area contributed by atoms with Crippen molar-refractivity contribution in [2.75, 3.05) is 13.1 Å². The van der Waals surface area contributed by atoms with E-state index < -0.39 is 5.60 Å². The van der Waals surface area contributed by atoms with Gasteiger partial charge in [0.1, 0.15) is 5.60 Å². The first-order valence-corrected chi connectivity index (χ1v) is 8.48. The highest BCUT2D eigenvalue weighted by Crippen LogP contribution is 2.32. The van der Waals surface area contributed by atoms with E-state index in [0.29, 0.717) is 19.0 Å². The lowest BCUT2D eigenvalue weighted by atomic mass is 9.93. The van der Waals surface area contributed by atoms with Crippen molar-refractivity contribution < 1.29 is 9.53 Å². The number of nitrogens with zero attached hydrogens (tertiary/aromatic N) is 2. The zero-order valence-corrected chi connectivity index (χ0v) is 15.2. The van der Waals surface area contributed by atoms with E-state index in [1.807, 2.05) is 27.0 Å². The van der Waals surface area contributed by atoms with Crippen molar-refractivity contribution in [1.82, 2.24) is 9.88 Å². The van der Waals surface area contributed by atoms with Gasteiger partial charge in [0.2, 0.25) is 0 Å². The number of thioether (sulfide) groups is 1. The van der Waals surface area contributed by atoms with Gasteiger partial charge in [-0.1, -0.05) is 26.8 Å². The molecule has 0 N–H and O–H groups in total. The minimum atomic E-state index is -0.435. The molecule has 1 fully saturated rings. The molecule has 1 saturated heterocycles. The molecule has 2 heterocycles. The molecule has 0 radical (unpaired) electrons. The standard InChI is InChI=1S/C17H26N2O2S/c1-16(2,3)21-15(20)19-10-13(11-19)12-7-8-14(18-9-12)22-17(4,5)6/h7-9,13H,10-11H2,1-6H3. The number of likely N-dealkylation sites (tertiary alicyclic amines) is 1. The average Bonchev–Trinajstić information content (AvgIpc) is 2.24. The highest BCUT2D eigenvalue weighted by molar-refractivity contribution is 8.00. The Kier molecular flexibility index (Phi) is 4.76. The van der Waals surface area contributed by atoms with Crippen molar-refractivity contribution in [2.45, 2.75) is 62.8 Å². The predicted octanol–water partition coefficient (Wildman–Crippen LogP) is 4.31. The molecule has 0 bridgehead atoms. The Morgan fingerprint density at radius 2 is 1.86 bits per heavy atom. The molecule has 0 spiro atoms. The van der Waals surface area contributed by atoms with E-state index in [0.717, 1.165) is 5.03 Å². The molecule has 22 heavy (non-hydrogen) atoms. The summed E-state index contributed by atoms with van der Waals surface area (Å²) in [4.78, 5) is 18.2. The van der Waals surface area contributed by atoms with Crippen molar-refractivity contribution in [1.29, 1.82) is 0 Å². The third-order valence-corrected chi connectivity index (χ3v) is 4.24. The summed E-state index contributed by atoms with van der Waals surface area (Å²) >= 11 is 1.76. The van der Waals surface area contributed by atoms with Crippen molar-refractivity contribution >= 4 is 17.9 Å². The van der Waals surface area contributed by atoms with Crippen LogP contribution in [0.15, 0.2) is 23.4 Å². The van der Waals surface area contributed by atoms with Crippen LogP contribution in [0.3, 0.4) is 0 Å². The monoisotopic (exact) mass is 322 g/mol. The molecule has 4 nitrogen and oxygen atoms in total. The van der Waals surface area contributed by atoms with Crippen LogP contribution in [0.2, 0.25) is 0 Å². The Balaban J connectivity index is 1.87. The van der Waals surface area contributed by atoms with Crippen LogP contribution in [0, 0.1) is 0 Å². The molecule has 1 aliphatic rings. The fraction of sp³-hybridized carbons (Fsp3) is 0.647. The molecule has 2 rings (SSSR count). The van der Waals surface area contributed by atoms with E-state index in [1.54, 1.807) is 16.7 Å². The van der Waals surface area contributed by atoms with Crippen LogP contribution >= 0.6 is 11.8 Å². The molecule has 0 unspecified atom stereocenters. The van der Waals surface area contributed by atoms with Crippen LogP contribution in [0.25, 0.3) is 0 Å². The number of carbonyl (C=O) groups is 1. The molecule has 1 aliphatic heterocycles. The number of ether oxygens (including phenoxy) is 1. The number of carbonyl (C=O) groups excluding carboxylic acids is 1. The Morgan fingerprint density at radius 3 is 2.32 bits per heavy atom. The quantitative estimate of drug-likeness (QED) is 0.761. The second-order valence-electron chi connectivity index (χ2n) is 7.73. The fourth-order valence-corrected chi connectivity index (χ4v) is 3.04. The molecular weight excluding hydrogens is 296 g/mol. The van der Waals surface area contributed by atoms with Crippen LogP contribution < -0.4 is 0 Å². The normalized spacial score (nSPS) is 16.4. The molecule has 1 aromatic rings. The largest absolute Gasteiger partial charge is 0.444 e. The van der Waals surface area contributed by atoms with Gasteiger partial charge < -0.3 is 9.64 Å². The Morgan fingerprint density at radius 1 is 1.23 bits per heavy atom. The summed E-state index contributed by atoms with van der Waals surface area (Å²) in [5.41, 5.74) is 0.758. The number of amides is 1. The first kappa shape index (κ1) is 17.1. The second-order valence-corrected chi connectivity index (χ2v) is 9.57. The van der Waals surface area contributed by atoms with Gasteiger partial charge in [-0.25, -0.2) is 9.78 Å². The first-order valence-electron chi connectivity index (χ1n) is 7.66. The SMILES string of the molecule is CC(C)(C)OC(=O)N1CC(c2ccc(SC(C)(C)C)nc2)C1. The van der Waals surface area contributed by atoms with Gasteiger partial charge in [-0.3, -0.25) is 0 Å². The van der Waals surface area contributed by atoms with Gasteiger partial charge in [-0.05, 0) is 32.4 Å². The lowest BCUT2D eigenvalue weighted by Crippen LogP contribution is -2.50. The molecule has 5 heteroatoms. The number of pyridine rings is 1. The summed E-state index contributed by atoms with van der Waals surface area (Å²) in [6, 6.07) is 4.19. The number of rotatable bonds is 2. The van der Waals surface area contributed by atoms with Crippen molar-refractivity contribution in [3.63, 3.8) is 0 Å². The van der Waals surface area contributed by atoms with E-state index >= 15 is 0 Å². The Bertz CT molecular complexity index is 523. The van der Waals surface area contributed by atoms with E-state index in [2.05, 4.69) is 37.9 Å². The van der Waals surface area contributed by atoms with Gasteiger partial charge in [0.05, 0.1) is 5.03 Å². The topological polar surface area (TPSA) is 42.4 Å². The third kappa shape index (κ3) is 4.90. The maximum Gasteiger partial charge on any atom is 0.410 e. The third-order valence-electron chi connectivity index (χ3n) is 3.17. The highest BCUT2D eigenvalue weighted by atomic mass is 32.2. The number of hydrogen-bond acceptors (Lipinski definition) is 4. The minimum absolute atomic E-state index is 0.165. The molecular formula is C17H26N2O2S. The van der Waals surface area contributed by atoms with Crippen LogP contribution in [-0.4, -0.2) is 39.4 Å². The van der Waals surface area contributed by atoms with Gasteiger partial charge in [-0.15, -0.1) is 11.8 Å². The maximum atomic E-state index is 11.9. The van der Waals surface area contributed by atoms with Crippen molar-refractivity contribution in [3.8, 4) is 0 Å². The molecule has 122 valence electrons.